The van der Waals surface area contributed by atoms with Gasteiger partial charge in [0, 0.05) is 31.4 Å². The molecule has 1 saturated carbocycles. The van der Waals surface area contributed by atoms with Crippen LogP contribution in [-0.4, -0.2) is 15.8 Å². The summed E-state index contributed by atoms with van der Waals surface area (Å²) in [4.78, 5) is 0. The first-order valence-electron chi connectivity index (χ1n) is 6.67. The highest BCUT2D eigenvalue weighted by atomic mass is 19.1. The van der Waals surface area contributed by atoms with Gasteiger partial charge in [-0.2, -0.15) is 5.10 Å². The first kappa shape index (κ1) is 12.4. The Kier molecular flexibility index (Phi) is 3.34. The maximum atomic E-state index is 12.8. The smallest absolute Gasteiger partial charge is 0.123 e. The van der Waals surface area contributed by atoms with Crippen LogP contribution in [-0.2, 0) is 13.6 Å². The lowest BCUT2D eigenvalue weighted by Crippen LogP contribution is -2.39. The van der Waals surface area contributed by atoms with Crippen molar-refractivity contribution < 1.29 is 4.39 Å². The van der Waals surface area contributed by atoms with Crippen molar-refractivity contribution in [2.24, 2.45) is 7.05 Å². The predicted molar refractivity (Wildman–Crippen MR) is 72.2 cm³/mol. The summed E-state index contributed by atoms with van der Waals surface area (Å²) in [7, 11) is 1.93. The molecule has 1 N–H and O–H groups in total. The van der Waals surface area contributed by atoms with Crippen molar-refractivity contribution in [1.82, 2.24) is 15.1 Å². The van der Waals surface area contributed by atoms with Gasteiger partial charge in [-0.15, -0.1) is 0 Å². The standard InChI is InChI=1S/C15H18FN3/c1-19-10-11(9-18-19)8-17-15-6-13(7-15)12-2-4-14(16)5-3-12/h2-5,9-10,13,15,17H,6-8H2,1H3. The molecular weight excluding hydrogens is 241 g/mol. The van der Waals surface area contributed by atoms with Crippen LogP contribution in [0.5, 0.6) is 0 Å². The summed E-state index contributed by atoms with van der Waals surface area (Å²) in [6.07, 6.45) is 6.18. The number of nitrogens with one attached hydrogen (secondary N) is 1. The summed E-state index contributed by atoms with van der Waals surface area (Å²) in [5, 5.41) is 7.68. The van der Waals surface area contributed by atoms with Gasteiger partial charge < -0.3 is 5.32 Å². The van der Waals surface area contributed by atoms with E-state index in [-0.39, 0.29) is 5.82 Å². The van der Waals surface area contributed by atoms with Crippen LogP contribution in [0, 0.1) is 5.82 Å². The van der Waals surface area contributed by atoms with Crippen LogP contribution in [0.25, 0.3) is 0 Å². The monoisotopic (exact) mass is 259 g/mol. The van der Waals surface area contributed by atoms with E-state index in [9.17, 15) is 4.39 Å². The normalized spacial score (nSPS) is 22.2. The van der Waals surface area contributed by atoms with Crippen LogP contribution in [0.15, 0.2) is 36.7 Å². The highest BCUT2D eigenvalue weighted by molar-refractivity contribution is 5.23. The predicted octanol–water partition coefficient (Wildman–Crippen LogP) is 2.60. The average Bonchev–Trinajstić information content (AvgIpc) is 2.75. The summed E-state index contributed by atoms with van der Waals surface area (Å²) in [6, 6.07) is 7.46. The summed E-state index contributed by atoms with van der Waals surface area (Å²) < 4.78 is 14.7. The number of hydrogen-bond acceptors (Lipinski definition) is 2. The van der Waals surface area contributed by atoms with E-state index in [0.717, 1.165) is 19.4 Å². The van der Waals surface area contributed by atoms with Crippen molar-refractivity contribution in [2.45, 2.75) is 31.3 Å². The quantitative estimate of drug-likeness (QED) is 0.914. The molecule has 0 bridgehead atoms. The van der Waals surface area contributed by atoms with Crippen LogP contribution in [0.1, 0.15) is 29.9 Å². The lowest BCUT2D eigenvalue weighted by atomic mass is 9.76. The Morgan fingerprint density at radius 2 is 2.05 bits per heavy atom. The second-order valence-corrected chi connectivity index (χ2v) is 5.32. The maximum absolute atomic E-state index is 12.8. The molecule has 1 aliphatic carbocycles. The fraction of sp³-hybridized carbons (Fsp3) is 0.400. The van der Waals surface area contributed by atoms with Crippen molar-refractivity contribution in [3.63, 3.8) is 0 Å². The Labute approximate surface area is 112 Å². The maximum Gasteiger partial charge on any atom is 0.123 e. The van der Waals surface area contributed by atoms with E-state index in [1.807, 2.05) is 36.3 Å². The van der Waals surface area contributed by atoms with Crippen molar-refractivity contribution in [3.05, 3.63) is 53.6 Å². The van der Waals surface area contributed by atoms with Gasteiger partial charge in [0.2, 0.25) is 0 Å². The molecular formula is C15H18FN3. The van der Waals surface area contributed by atoms with E-state index < -0.39 is 0 Å². The van der Waals surface area contributed by atoms with E-state index in [4.69, 9.17) is 0 Å². The zero-order valence-electron chi connectivity index (χ0n) is 11.0. The molecule has 2 aromatic rings. The molecule has 0 radical (unpaired) electrons. The molecule has 1 aromatic carbocycles. The largest absolute Gasteiger partial charge is 0.310 e. The Morgan fingerprint density at radius 3 is 2.68 bits per heavy atom. The lowest BCUT2D eigenvalue weighted by Gasteiger charge is -2.36. The van der Waals surface area contributed by atoms with Crippen LogP contribution in [0.4, 0.5) is 4.39 Å². The van der Waals surface area contributed by atoms with Gasteiger partial charge in [-0.05, 0) is 36.5 Å². The van der Waals surface area contributed by atoms with Crippen molar-refractivity contribution in [1.29, 1.82) is 0 Å². The summed E-state index contributed by atoms with van der Waals surface area (Å²) in [5.41, 5.74) is 2.47. The Hall–Kier alpha value is -1.68. The average molecular weight is 259 g/mol. The van der Waals surface area contributed by atoms with Crippen molar-refractivity contribution in [3.8, 4) is 0 Å². The van der Waals surface area contributed by atoms with Gasteiger partial charge in [0.15, 0.2) is 0 Å². The molecule has 0 unspecified atom stereocenters. The third-order valence-corrected chi connectivity index (χ3v) is 3.83. The molecule has 100 valence electrons. The van der Waals surface area contributed by atoms with E-state index >= 15 is 0 Å². The fourth-order valence-corrected chi connectivity index (χ4v) is 2.62. The van der Waals surface area contributed by atoms with Gasteiger partial charge in [0.1, 0.15) is 5.82 Å². The minimum atomic E-state index is -0.158. The molecule has 3 rings (SSSR count). The van der Waals surface area contributed by atoms with Crippen molar-refractivity contribution >= 4 is 0 Å². The first-order valence-corrected chi connectivity index (χ1v) is 6.67. The van der Waals surface area contributed by atoms with Gasteiger partial charge >= 0.3 is 0 Å². The minimum absolute atomic E-state index is 0.158. The second kappa shape index (κ2) is 5.13. The van der Waals surface area contributed by atoms with Gasteiger partial charge in [-0.25, -0.2) is 4.39 Å². The van der Waals surface area contributed by atoms with Crippen LogP contribution in [0.3, 0.4) is 0 Å². The van der Waals surface area contributed by atoms with Gasteiger partial charge in [-0.1, -0.05) is 12.1 Å². The van der Waals surface area contributed by atoms with E-state index in [1.54, 1.807) is 12.1 Å². The molecule has 0 atom stereocenters. The third kappa shape index (κ3) is 2.84. The van der Waals surface area contributed by atoms with Crippen LogP contribution < -0.4 is 5.32 Å². The van der Waals surface area contributed by atoms with E-state index in [2.05, 4.69) is 10.4 Å². The van der Waals surface area contributed by atoms with Gasteiger partial charge in [0.05, 0.1) is 6.20 Å². The highest BCUT2D eigenvalue weighted by Crippen LogP contribution is 2.36. The highest BCUT2D eigenvalue weighted by Gasteiger charge is 2.29. The Balaban J connectivity index is 1.46. The van der Waals surface area contributed by atoms with Gasteiger partial charge in [-0.3, -0.25) is 4.68 Å². The van der Waals surface area contributed by atoms with Crippen LogP contribution in [0.2, 0.25) is 0 Å². The first-order chi connectivity index (χ1) is 9.20. The van der Waals surface area contributed by atoms with Gasteiger partial charge in [0.25, 0.3) is 0 Å². The molecule has 3 nitrogen and oxygen atoms in total. The molecule has 0 saturated heterocycles. The fourth-order valence-electron chi connectivity index (χ4n) is 2.62. The molecule has 0 spiro atoms. The number of hydrogen-bond donors (Lipinski definition) is 1. The second-order valence-electron chi connectivity index (χ2n) is 5.32. The lowest BCUT2D eigenvalue weighted by molar-refractivity contribution is 0.289. The topological polar surface area (TPSA) is 29.9 Å². The third-order valence-electron chi connectivity index (χ3n) is 3.83. The van der Waals surface area contributed by atoms with E-state index in [1.165, 1.54) is 11.1 Å². The molecule has 19 heavy (non-hydrogen) atoms. The number of nitrogens with zero attached hydrogens (tertiary/aromatic N) is 2. The Bertz CT molecular complexity index is 541. The number of aryl methyl sites for hydroxylation is 1. The number of rotatable bonds is 4. The zero-order valence-corrected chi connectivity index (χ0v) is 11.0. The molecule has 0 amide bonds. The summed E-state index contributed by atoms with van der Waals surface area (Å²) in [5.74, 6) is 0.418. The zero-order chi connectivity index (χ0) is 13.2. The summed E-state index contributed by atoms with van der Waals surface area (Å²) >= 11 is 0. The molecule has 4 heteroatoms. The minimum Gasteiger partial charge on any atom is -0.310 e. The number of aromatic nitrogens is 2. The Morgan fingerprint density at radius 1 is 1.32 bits per heavy atom. The molecule has 1 aliphatic rings. The van der Waals surface area contributed by atoms with Crippen molar-refractivity contribution in [2.75, 3.05) is 0 Å². The number of halogens is 1. The number of benzene rings is 1. The molecule has 1 heterocycles. The molecule has 0 aliphatic heterocycles. The van der Waals surface area contributed by atoms with Crippen LogP contribution >= 0.6 is 0 Å². The van der Waals surface area contributed by atoms with E-state index in [0.29, 0.717) is 12.0 Å². The summed E-state index contributed by atoms with van der Waals surface area (Å²) in [6.45, 7) is 0.870. The molecule has 1 fully saturated rings. The molecule has 1 aromatic heterocycles. The SMILES string of the molecule is Cn1cc(CNC2CC(c3ccc(F)cc3)C2)cn1.